The fourth-order valence-electron chi connectivity index (χ4n) is 2.88. The van der Waals surface area contributed by atoms with Crippen LogP contribution in [0.15, 0.2) is 48.5 Å². The number of benzene rings is 2. The van der Waals surface area contributed by atoms with Crippen molar-refractivity contribution in [3.63, 3.8) is 0 Å². The lowest BCUT2D eigenvalue weighted by atomic mass is 10.1. The van der Waals surface area contributed by atoms with Gasteiger partial charge in [-0.25, -0.2) is 4.68 Å². The van der Waals surface area contributed by atoms with Gasteiger partial charge in [0, 0.05) is 11.6 Å². The highest BCUT2D eigenvalue weighted by atomic mass is 16.2. The molecule has 1 aliphatic rings. The highest BCUT2D eigenvalue weighted by Gasteiger charge is 2.34. The van der Waals surface area contributed by atoms with Crippen LogP contribution in [0, 0.1) is 13.8 Å². The molecular formula is C20H20N4O. The van der Waals surface area contributed by atoms with Crippen LogP contribution in [0.1, 0.15) is 46.1 Å². The maximum atomic E-state index is 12.7. The summed E-state index contributed by atoms with van der Waals surface area (Å²) < 4.78 is 1.81. The average Bonchev–Trinajstić information content (AvgIpc) is 3.36. The summed E-state index contributed by atoms with van der Waals surface area (Å²) in [6.07, 6.45) is 2.15. The Labute approximate surface area is 146 Å². The van der Waals surface area contributed by atoms with Crippen molar-refractivity contribution in [2.75, 3.05) is 5.32 Å². The zero-order valence-electron chi connectivity index (χ0n) is 14.4. The number of rotatable bonds is 4. The number of carbonyl (C=O) groups excluding carboxylic acids is 1. The third-order valence-electron chi connectivity index (χ3n) is 4.47. The van der Waals surface area contributed by atoms with Gasteiger partial charge in [0.2, 0.25) is 0 Å². The van der Waals surface area contributed by atoms with Crippen molar-refractivity contribution in [2.45, 2.75) is 32.6 Å². The molecule has 0 atom stereocenters. The Morgan fingerprint density at radius 3 is 2.20 bits per heavy atom. The van der Waals surface area contributed by atoms with Crippen molar-refractivity contribution in [1.82, 2.24) is 15.0 Å². The quantitative estimate of drug-likeness (QED) is 0.785. The maximum Gasteiger partial charge on any atom is 0.278 e. The van der Waals surface area contributed by atoms with Crippen LogP contribution >= 0.6 is 0 Å². The lowest BCUT2D eigenvalue weighted by Crippen LogP contribution is -2.15. The van der Waals surface area contributed by atoms with Crippen molar-refractivity contribution in [1.29, 1.82) is 0 Å². The first kappa shape index (κ1) is 15.6. The topological polar surface area (TPSA) is 59.8 Å². The van der Waals surface area contributed by atoms with E-state index < -0.39 is 0 Å². The second kappa shape index (κ2) is 6.16. The van der Waals surface area contributed by atoms with Crippen LogP contribution in [0.4, 0.5) is 5.69 Å². The van der Waals surface area contributed by atoms with Crippen LogP contribution in [0.2, 0.25) is 0 Å². The number of nitrogens with one attached hydrogen (secondary N) is 1. The third-order valence-corrected chi connectivity index (χ3v) is 4.47. The Morgan fingerprint density at radius 2 is 1.60 bits per heavy atom. The van der Waals surface area contributed by atoms with Crippen molar-refractivity contribution >= 4 is 11.6 Å². The van der Waals surface area contributed by atoms with Gasteiger partial charge < -0.3 is 5.32 Å². The van der Waals surface area contributed by atoms with E-state index in [1.54, 1.807) is 4.68 Å². The summed E-state index contributed by atoms with van der Waals surface area (Å²) in [5.41, 5.74) is 5.38. The average molecular weight is 332 g/mol. The second-order valence-corrected chi connectivity index (χ2v) is 6.67. The summed E-state index contributed by atoms with van der Waals surface area (Å²) in [6.45, 7) is 4.07. The molecule has 3 aromatic rings. The highest BCUT2D eigenvalue weighted by Crippen LogP contribution is 2.42. The van der Waals surface area contributed by atoms with Gasteiger partial charge >= 0.3 is 0 Å². The van der Waals surface area contributed by atoms with Gasteiger partial charge in [0.1, 0.15) is 0 Å². The monoisotopic (exact) mass is 332 g/mol. The standard InChI is InChI=1S/C20H20N4O/c1-13-3-9-16(10-4-13)21-20(25)18-19(15-7-8-15)24(23-22-18)17-11-5-14(2)6-12-17/h3-6,9-12,15H,7-8H2,1-2H3,(H,21,25). The molecule has 1 aliphatic carbocycles. The predicted molar refractivity (Wildman–Crippen MR) is 97.2 cm³/mol. The molecule has 5 nitrogen and oxygen atoms in total. The number of nitrogens with zero attached hydrogens (tertiary/aromatic N) is 3. The summed E-state index contributed by atoms with van der Waals surface area (Å²) in [5.74, 6) is 0.152. The Kier molecular flexibility index (Phi) is 3.84. The Bertz CT molecular complexity index is 906. The van der Waals surface area contributed by atoms with Crippen molar-refractivity contribution < 1.29 is 4.79 Å². The van der Waals surface area contributed by atoms with Crippen LogP contribution in [0.25, 0.3) is 5.69 Å². The van der Waals surface area contributed by atoms with Gasteiger partial charge in [-0.15, -0.1) is 5.10 Å². The molecule has 1 amide bonds. The summed E-state index contributed by atoms with van der Waals surface area (Å²) in [7, 11) is 0. The van der Waals surface area contributed by atoms with E-state index in [1.165, 1.54) is 5.56 Å². The van der Waals surface area contributed by atoms with Crippen LogP contribution < -0.4 is 5.32 Å². The molecule has 1 N–H and O–H groups in total. The van der Waals surface area contributed by atoms with E-state index in [0.717, 1.165) is 35.5 Å². The zero-order chi connectivity index (χ0) is 17.4. The van der Waals surface area contributed by atoms with Crippen LogP contribution in [0.5, 0.6) is 0 Å². The molecule has 5 heteroatoms. The molecule has 1 aromatic heterocycles. The van der Waals surface area contributed by atoms with Gasteiger partial charge in [-0.2, -0.15) is 0 Å². The van der Waals surface area contributed by atoms with Crippen molar-refractivity contribution in [3.8, 4) is 5.69 Å². The zero-order valence-corrected chi connectivity index (χ0v) is 14.4. The molecule has 4 rings (SSSR count). The molecular weight excluding hydrogens is 312 g/mol. The number of aryl methyl sites for hydroxylation is 2. The number of amides is 1. The molecule has 0 radical (unpaired) electrons. The van der Waals surface area contributed by atoms with E-state index in [-0.39, 0.29) is 5.91 Å². The fraction of sp³-hybridized carbons (Fsp3) is 0.250. The van der Waals surface area contributed by atoms with E-state index >= 15 is 0 Å². The molecule has 0 bridgehead atoms. The van der Waals surface area contributed by atoms with Crippen LogP contribution in [-0.4, -0.2) is 20.9 Å². The summed E-state index contributed by atoms with van der Waals surface area (Å²) >= 11 is 0. The number of anilines is 1. The minimum atomic E-state index is -0.205. The van der Waals surface area contributed by atoms with Gasteiger partial charge in [-0.05, 0) is 51.0 Å². The van der Waals surface area contributed by atoms with Gasteiger partial charge in [0.15, 0.2) is 5.69 Å². The smallest absolute Gasteiger partial charge is 0.278 e. The Hall–Kier alpha value is -2.95. The first-order chi connectivity index (χ1) is 12.1. The molecule has 0 saturated heterocycles. The van der Waals surface area contributed by atoms with E-state index in [9.17, 15) is 4.79 Å². The Balaban J connectivity index is 1.66. The maximum absolute atomic E-state index is 12.7. The predicted octanol–water partition coefficient (Wildman–Crippen LogP) is 4.01. The first-order valence-corrected chi connectivity index (χ1v) is 8.52. The molecule has 0 aliphatic heterocycles. The molecule has 0 spiro atoms. The minimum absolute atomic E-state index is 0.205. The van der Waals surface area contributed by atoms with Gasteiger partial charge in [0.05, 0.1) is 11.4 Å². The van der Waals surface area contributed by atoms with E-state index in [4.69, 9.17) is 0 Å². The van der Waals surface area contributed by atoms with Crippen molar-refractivity contribution in [2.24, 2.45) is 0 Å². The molecule has 2 aromatic carbocycles. The van der Waals surface area contributed by atoms with E-state index in [1.807, 2.05) is 62.4 Å². The Morgan fingerprint density at radius 1 is 1.00 bits per heavy atom. The lowest BCUT2D eigenvalue weighted by Gasteiger charge is -2.08. The lowest BCUT2D eigenvalue weighted by molar-refractivity contribution is 0.102. The second-order valence-electron chi connectivity index (χ2n) is 6.67. The highest BCUT2D eigenvalue weighted by molar-refractivity contribution is 6.03. The minimum Gasteiger partial charge on any atom is -0.321 e. The molecule has 126 valence electrons. The summed E-state index contributed by atoms with van der Waals surface area (Å²) in [5, 5.41) is 11.4. The molecule has 1 fully saturated rings. The number of hydrogen-bond acceptors (Lipinski definition) is 3. The van der Waals surface area contributed by atoms with E-state index in [0.29, 0.717) is 11.6 Å². The summed E-state index contributed by atoms with van der Waals surface area (Å²) in [6, 6.07) is 15.8. The normalized spacial score (nSPS) is 13.7. The molecule has 25 heavy (non-hydrogen) atoms. The number of aromatic nitrogens is 3. The van der Waals surface area contributed by atoms with Crippen LogP contribution in [0.3, 0.4) is 0 Å². The first-order valence-electron chi connectivity index (χ1n) is 8.52. The van der Waals surface area contributed by atoms with Crippen LogP contribution in [-0.2, 0) is 0 Å². The molecule has 1 saturated carbocycles. The van der Waals surface area contributed by atoms with E-state index in [2.05, 4.69) is 15.6 Å². The largest absolute Gasteiger partial charge is 0.321 e. The number of carbonyl (C=O) groups is 1. The van der Waals surface area contributed by atoms with Gasteiger partial charge in [-0.1, -0.05) is 40.6 Å². The van der Waals surface area contributed by atoms with Crippen molar-refractivity contribution in [3.05, 3.63) is 71.0 Å². The summed E-state index contributed by atoms with van der Waals surface area (Å²) in [4.78, 5) is 12.7. The van der Waals surface area contributed by atoms with Gasteiger partial charge in [0.25, 0.3) is 5.91 Å². The third kappa shape index (κ3) is 3.18. The SMILES string of the molecule is Cc1ccc(NC(=O)c2nnn(-c3ccc(C)cc3)c2C2CC2)cc1. The molecule has 0 unspecified atom stereocenters. The fourth-order valence-corrected chi connectivity index (χ4v) is 2.88. The molecule has 1 heterocycles. The number of hydrogen-bond donors (Lipinski definition) is 1. The van der Waals surface area contributed by atoms with Gasteiger partial charge in [-0.3, -0.25) is 4.79 Å².